The fourth-order valence-corrected chi connectivity index (χ4v) is 2.14. The van der Waals surface area contributed by atoms with Crippen LogP contribution in [0.3, 0.4) is 0 Å². The van der Waals surface area contributed by atoms with Crippen LogP contribution in [0.2, 0.25) is 0 Å². The number of rotatable bonds is 4. The van der Waals surface area contributed by atoms with Crippen LogP contribution in [0.25, 0.3) is 0 Å². The fourth-order valence-electron chi connectivity index (χ4n) is 1.41. The van der Waals surface area contributed by atoms with E-state index in [4.69, 9.17) is 5.73 Å². The molecule has 0 bridgehead atoms. The first kappa shape index (κ1) is 11.6. The highest BCUT2D eigenvalue weighted by Crippen LogP contribution is 2.18. The number of carbonyl (C=O) groups excluding carboxylic acids is 1. The second-order valence-corrected chi connectivity index (χ2v) is 4.49. The maximum absolute atomic E-state index is 11.7. The van der Waals surface area contributed by atoms with Crippen molar-refractivity contribution < 1.29 is 4.79 Å². The molecule has 0 aliphatic carbocycles. The first-order valence-electron chi connectivity index (χ1n) is 5.12. The number of thiophene rings is 1. The molecule has 17 heavy (non-hydrogen) atoms. The molecule has 2 aromatic heterocycles. The highest BCUT2D eigenvalue weighted by Gasteiger charge is 2.10. The highest BCUT2D eigenvalue weighted by atomic mass is 32.1. The topological polar surface area (TPSA) is 85.8 Å². The van der Waals surface area contributed by atoms with Gasteiger partial charge in [0, 0.05) is 20.0 Å². The van der Waals surface area contributed by atoms with E-state index in [1.807, 2.05) is 11.6 Å². The Kier molecular flexibility index (Phi) is 3.38. The van der Waals surface area contributed by atoms with Crippen LogP contribution in [0, 0.1) is 0 Å². The summed E-state index contributed by atoms with van der Waals surface area (Å²) in [4.78, 5) is 12.3. The predicted molar refractivity (Wildman–Crippen MR) is 65.8 cm³/mol. The first-order chi connectivity index (χ1) is 8.18. The van der Waals surface area contributed by atoms with Gasteiger partial charge in [-0.3, -0.25) is 4.79 Å². The Morgan fingerprint density at radius 2 is 2.47 bits per heavy atom. The molecule has 2 heterocycles. The summed E-state index contributed by atoms with van der Waals surface area (Å²) in [7, 11) is 1.87. The summed E-state index contributed by atoms with van der Waals surface area (Å²) in [6.45, 7) is 0.517. The van der Waals surface area contributed by atoms with Crippen LogP contribution in [0.1, 0.15) is 15.5 Å². The normalized spacial score (nSPS) is 10.4. The van der Waals surface area contributed by atoms with Crippen molar-refractivity contribution in [1.82, 2.24) is 20.1 Å². The Morgan fingerprint density at radius 3 is 3.06 bits per heavy atom. The van der Waals surface area contributed by atoms with E-state index in [0.29, 0.717) is 23.5 Å². The molecule has 2 aromatic rings. The molecule has 1 amide bonds. The van der Waals surface area contributed by atoms with Crippen molar-refractivity contribution >= 4 is 22.9 Å². The zero-order valence-electron chi connectivity index (χ0n) is 9.38. The lowest BCUT2D eigenvalue weighted by Gasteiger charge is -2.03. The van der Waals surface area contributed by atoms with Gasteiger partial charge in [-0.2, -0.15) is 0 Å². The Hall–Kier alpha value is -1.89. The first-order valence-corrected chi connectivity index (χ1v) is 6.00. The zero-order valence-corrected chi connectivity index (χ0v) is 10.2. The van der Waals surface area contributed by atoms with Gasteiger partial charge < -0.3 is 15.6 Å². The van der Waals surface area contributed by atoms with Gasteiger partial charge in [0.25, 0.3) is 5.91 Å². The minimum atomic E-state index is -0.139. The number of nitrogens with two attached hydrogens (primary N) is 1. The van der Waals surface area contributed by atoms with E-state index in [9.17, 15) is 4.79 Å². The summed E-state index contributed by atoms with van der Waals surface area (Å²) in [5.74, 6) is 0.698. The van der Waals surface area contributed by atoms with Gasteiger partial charge in [-0.25, -0.2) is 0 Å². The van der Waals surface area contributed by atoms with E-state index in [1.165, 1.54) is 11.3 Å². The van der Waals surface area contributed by atoms with E-state index in [0.717, 1.165) is 5.82 Å². The molecule has 0 saturated carbocycles. The third kappa shape index (κ3) is 2.62. The molecule has 0 unspecified atom stereocenters. The monoisotopic (exact) mass is 251 g/mol. The molecular formula is C10H13N5OS. The predicted octanol–water partition coefficient (Wildman–Crippen LogP) is 0.431. The molecule has 0 radical (unpaired) electrons. The summed E-state index contributed by atoms with van der Waals surface area (Å²) < 4.78 is 1.83. The number of anilines is 1. The quantitative estimate of drug-likeness (QED) is 0.825. The third-order valence-electron chi connectivity index (χ3n) is 2.34. The molecule has 0 aliphatic rings. The maximum atomic E-state index is 11.7. The number of aromatic nitrogens is 3. The molecule has 0 saturated heterocycles. The molecular weight excluding hydrogens is 238 g/mol. The van der Waals surface area contributed by atoms with Crippen LogP contribution in [-0.2, 0) is 13.5 Å². The number of nitrogens with one attached hydrogen (secondary N) is 1. The maximum Gasteiger partial charge on any atom is 0.263 e. The van der Waals surface area contributed by atoms with Crippen molar-refractivity contribution in [3.63, 3.8) is 0 Å². The number of amides is 1. The standard InChI is InChI=1S/C10H13N5OS/c1-15-6-13-14-8(15)2-4-12-10(16)9-7(11)3-5-17-9/h3,5-6H,2,4,11H2,1H3,(H,12,16). The lowest BCUT2D eigenvalue weighted by Crippen LogP contribution is -2.26. The van der Waals surface area contributed by atoms with Crippen molar-refractivity contribution in [2.75, 3.05) is 12.3 Å². The Balaban J connectivity index is 1.86. The third-order valence-corrected chi connectivity index (χ3v) is 3.27. The molecule has 2 rings (SSSR count). The van der Waals surface area contributed by atoms with Gasteiger partial charge in [-0.15, -0.1) is 21.5 Å². The van der Waals surface area contributed by atoms with E-state index < -0.39 is 0 Å². The largest absolute Gasteiger partial charge is 0.397 e. The van der Waals surface area contributed by atoms with E-state index in [1.54, 1.807) is 17.8 Å². The van der Waals surface area contributed by atoms with Gasteiger partial charge in [-0.1, -0.05) is 0 Å². The SMILES string of the molecule is Cn1cnnc1CCNC(=O)c1sccc1N. The molecule has 90 valence electrons. The fraction of sp³-hybridized carbons (Fsp3) is 0.300. The van der Waals surface area contributed by atoms with Crippen molar-refractivity contribution in [3.8, 4) is 0 Å². The van der Waals surface area contributed by atoms with Gasteiger partial charge in [-0.05, 0) is 11.4 Å². The molecule has 0 aliphatic heterocycles. The second kappa shape index (κ2) is 4.96. The van der Waals surface area contributed by atoms with Crippen molar-refractivity contribution in [1.29, 1.82) is 0 Å². The molecule has 0 fully saturated rings. The van der Waals surface area contributed by atoms with Gasteiger partial charge in [0.2, 0.25) is 0 Å². The molecule has 0 aromatic carbocycles. The average molecular weight is 251 g/mol. The van der Waals surface area contributed by atoms with Crippen molar-refractivity contribution in [2.45, 2.75) is 6.42 Å². The van der Waals surface area contributed by atoms with Crippen LogP contribution in [0.4, 0.5) is 5.69 Å². The number of nitrogens with zero attached hydrogens (tertiary/aromatic N) is 3. The van der Waals surface area contributed by atoms with E-state index in [2.05, 4.69) is 15.5 Å². The summed E-state index contributed by atoms with van der Waals surface area (Å²) in [6.07, 6.45) is 2.28. The Bertz CT molecular complexity index is 518. The minimum absolute atomic E-state index is 0.139. The lowest BCUT2D eigenvalue weighted by molar-refractivity contribution is 0.0959. The zero-order chi connectivity index (χ0) is 12.3. The Labute approximate surface area is 102 Å². The lowest BCUT2D eigenvalue weighted by atomic mass is 10.3. The van der Waals surface area contributed by atoms with Gasteiger partial charge in [0.15, 0.2) is 0 Å². The minimum Gasteiger partial charge on any atom is -0.397 e. The van der Waals surface area contributed by atoms with Gasteiger partial charge >= 0.3 is 0 Å². The number of nitrogen functional groups attached to an aromatic ring is 1. The summed E-state index contributed by atoms with van der Waals surface area (Å²) >= 11 is 1.34. The van der Waals surface area contributed by atoms with Gasteiger partial charge in [0.05, 0.1) is 5.69 Å². The highest BCUT2D eigenvalue weighted by molar-refractivity contribution is 7.12. The number of hydrogen-bond acceptors (Lipinski definition) is 5. The van der Waals surface area contributed by atoms with E-state index in [-0.39, 0.29) is 5.91 Å². The molecule has 6 nitrogen and oxygen atoms in total. The van der Waals surface area contributed by atoms with E-state index >= 15 is 0 Å². The van der Waals surface area contributed by atoms with Crippen LogP contribution in [0.15, 0.2) is 17.8 Å². The second-order valence-electron chi connectivity index (χ2n) is 3.57. The molecule has 0 spiro atoms. The van der Waals surface area contributed by atoms with Crippen molar-refractivity contribution in [2.24, 2.45) is 7.05 Å². The number of hydrogen-bond donors (Lipinski definition) is 2. The summed E-state index contributed by atoms with van der Waals surface area (Å²) in [5.41, 5.74) is 6.17. The smallest absolute Gasteiger partial charge is 0.263 e. The van der Waals surface area contributed by atoms with Crippen LogP contribution in [-0.4, -0.2) is 27.2 Å². The van der Waals surface area contributed by atoms with Crippen LogP contribution < -0.4 is 11.1 Å². The number of aryl methyl sites for hydroxylation is 1. The molecule has 0 atom stereocenters. The number of carbonyl (C=O) groups is 1. The van der Waals surface area contributed by atoms with Gasteiger partial charge in [0.1, 0.15) is 17.0 Å². The average Bonchev–Trinajstić information content (AvgIpc) is 2.88. The molecule has 3 N–H and O–H groups in total. The Morgan fingerprint density at radius 1 is 1.65 bits per heavy atom. The molecule has 7 heteroatoms. The summed E-state index contributed by atoms with van der Waals surface area (Å²) in [5, 5.41) is 12.3. The summed E-state index contributed by atoms with van der Waals surface area (Å²) in [6, 6.07) is 1.72. The van der Waals surface area contributed by atoms with Crippen LogP contribution in [0.5, 0.6) is 0 Å². The van der Waals surface area contributed by atoms with Crippen LogP contribution >= 0.6 is 11.3 Å². The van der Waals surface area contributed by atoms with Crippen molar-refractivity contribution in [3.05, 3.63) is 28.5 Å².